The average molecular weight is 290 g/mol. The summed E-state index contributed by atoms with van der Waals surface area (Å²) < 4.78 is 22.2. The van der Waals surface area contributed by atoms with Crippen LogP contribution in [-0.2, 0) is 16.3 Å². The normalized spacial score (nSPS) is 11.5. The van der Waals surface area contributed by atoms with Gasteiger partial charge < -0.3 is 4.90 Å². The smallest absolute Gasteiger partial charge is 0.185 e. The molecule has 0 N–H and O–H groups in total. The van der Waals surface area contributed by atoms with Gasteiger partial charge in [-0.1, -0.05) is 24.7 Å². The molecular formula is C11H18N2O3S2. The zero-order chi connectivity index (χ0) is 13.8. The number of anilines is 1. The van der Waals surface area contributed by atoms with E-state index >= 15 is 0 Å². The first-order valence-corrected chi connectivity index (χ1v) is 8.58. The molecule has 0 bridgehead atoms. The second kappa shape index (κ2) is 6.29. The third kappa shape index (κ3) is 4.38. The molecule has 0 amide bonds. The minimum Gasteiger partial charge on any atom is -0.350 e. The van der Waals surface area contributed by atoms with Gasteiger partial charge in [-0.15, -0.1) is 0 Å². The summed E-state index contributed by atoms with van der Waals surface area (Å²) in [5.74, 6) is 0.0859. The Hall–Kier alpha value is -0.950. The minimum atomic E-state index is -2.98. The summed E-state index contributed by atoms with van der Waals surface area (Å²) in [5.41, 5.74) is 0.804. The van der Waals surface area contributed by atoms with Crippen LogP contribution in [-0.4, -0.2) is 45.3 Å². The summed E-state index contributed by atoms with van der Waals surface area (Å²) in [7, 11) is -1.19. The zero-order valence-electron chi connectivity index (χ0n) is 10.8. The summed E-state index contributed by atoms with van der Waals surface area (Å²) in [6, 6.07) is 0. The van der Waals surface area contributed by atoms with Crippen LogP contribution in [0, 0.1) is 0 Å². The first-order valence-electron chi connectivity index (χ1n) is 5.71. The molecule has 0 aliphatic carbocycles. The van der Waals surface area contributed by atoms with Crippen LogP contribution in [0.1, 0.15) is 28.7 Å². The maximum atomic E-state index is 11.1. The Morgan fingerprint density at radius 1 is 1.44 bits per heavy atom. The Morgan fingerprint density at radius 3 is 2.61 bits per heavy atom. The van der Waals surface area contributed by atoms with E-state index in [1.165, 1.54) is 17.6 Å². The van der Waals surface area contributed by atoms with Crippen molar-refractivity contribution in [2.45, 2.75) is 19.8 Å². The molecule has 0 atom stereocenters. The van der Waals surface area contributed by atoms with Crippen LogP contribution in [0.25, 0.3) is 0 Å². The zero-order valence-corrected chi connectivity index (χ0v) is 12.5. The van der Waals surface area contributed by atoms with Crippen molar-refractivity contribution in [2.24, 2.45) is 0 Å². The fourth-order valence-electron chi connectivity index (χ4n) is 1.42. The van der Waals surface area contributed by atoms with Gasteiger partial charge in [0, 0.05) is 19.8 Å². The second-order valence-corrected chi connectivity index (χ2v) is 7.50. The van der Waals surface area contributed by atoms with Crippen LogP contribution < -0.4 is 4.90 Å². The van der Waals surface area contributed by atoms with E-state index in [0.717, 1.165) is 24.8 Å². The molecule has 0 fully saturated rings. The van der Waals surface area contributed by atoms with Crippen molar-refractivity contribution in [2.75, 3.05) is 30.5 Å². The minimum absolute atomic E-state index is 0.0859. The van der Waals surface area contributed by atoms with Crippen molar-refractivity contribution < 1.29 is 13.2 Å². The third-order valence-corrected chi connectivity index (χ3v) is 4.50. The van der Waals surface area contributed by atoms with E-state index < -0.39 is 9.84 Å². The fourth-order valence-corrected chi connectivity index (χ4v) is 2.94. The Morgan fingerprint density at radius 2 is 2.11 bits per heavy atom. The number of aldehydes is 1. The SMILES string of the molecule is CCCc1nc(N(C)CCS(C)(=O)=O)sc1C=O. The van der Waals surface area contributed by atoms with E-state index in [-0.39, 0.29) is 5.75 Å². The fraction of sp³-hybridized carbons (Fsp3) is 0.636. The molecule has 0 radical (unpaired) electrons. The molecule has 0 spiro atoms. The molecule has 0 aliphatic rings. The molecule has 7 heteroatoms. The van der Waals surface area contributed by atoms with E-state index in [0.29, 0.717) is 16.6 Å². The van der Waals surface area contributed by atoms with Crippen molar-refractivity contribution in [3.05, 3.63) is 10.6 Å². The van der Waals surface area contributed by atoms with Gasteiger partial charge in [-0.05, 0) is 6.42 Å². The van der Waals surface area contributed by atoms with Gasteiger partial charge in [0.05, 0.1) is 16.3 Å². The molecule has 102 valence electrons. The van der Waals surface area contributed by atoms with Gasteiger partial charge in [0.2, 0.25) is 0 Å². The second-order valence-electron chi connectivity index (χ2n) is 4.23. The van der Waals surface area contributed by atoms with Crippen LogP contribution in [0.2, 0.25) is 0 Å². The number of nitrogens with zero attached hydrogens (tertiary/aromatic N) is 2. The standard InChI is InChI=1S/C11H18N2O3S2/c1-4-5-9-10(8-14)17-11(12-9)13(2)6-7-18(3,15)16/h8H,4-7H2,1-3H3. The Balaban J connectivity index is 2.79. The predicted molar refractivity (Wildman–Crippen MR) is 74.5 cm³/mol. The number of hydrogen-bond donors (Lipinski definition) is 0. The summed E-state index contributed by atoms with van der Waals surface area (Å²) >= 11 is 1.31. The van der Waals surface area contributed by atoms with Crippen LogP contribution in [0.5, 0.6) is 0 Å². The Bertz CT molecular complexity index is 508. The Kier molecular flexibility index (Phi) is 5.28. The molecule has 1 heterocycles. The summed E-state index contributed by atoms with van der Waals surface area (Å²) in [4.78, 5) is 17.7. The van der Waals surface area contributed by atoms with E-state index in [1.54, 1.807) is 11.9 Å². The molecule has 0 saturated carbocycles. The van der Waals surface area contributed by atoms with Crippen molar-refractivity contribution in [3.8, 4) is 0 Å². The lowest BCUT2D eigenvalue weighted by molar-refractivity contribution is 0.112. The van der Waals surface area contributed by atoms with Gasteiger partial charge in [0.1, 0.15) is 9.84 Å². The van der Waals surface area contributed by atoms with Crippen LogP contribution in [0.4, 0.5) is 5.13 Å². The molecule has 0 aliphatic heterocycles. The molecule has 5 nitrogen and oxygen atoms in total. The first kappa shape index (κ1) is 15.1. The third-order valence-electron chi connectivity index (χ3n) is 2.43. The molecule has 0 unspecified atom stereocenters. The average Bonchev–Trinajstić information content (AvgIpc) is 2.69. The van der Waals surface area contributed by atoms with Gasteiger partial charge in [0.25, 0.3) is 0 Å². The van der Waals surface area contributed by atoms with Gasteiger partial charge in [-0.3, -0.25) is 4.79 Å². The molecule has 1 aromatic heterocycles. The van der Waals surface area contributed by atoms with E-state index in [2.05, 4.69) is 4.98 Å². The van der Waals surface area contributed by atoms with E-state index in [9.17, 15) is 13.2 Å². The quantitative estimate of drug-likeness (QED) is 0.710. The monoisotopic (exact) mass is 290 g/mol. The van der Waals surface area contributed by atoms with E-state index in [1.807, 2.05) is 6.92 Å². The van der Waals surface area contributed by atoms with Crippen LogP contribution in [0.15, 0.2) is 0 Å². The lowest BCUT2D eigenvalue weighted by Gasteiger charge is -2.14. The number of aromatic nitrogens is 1. The van der Waals surface area contributed by atoms with Crippen molar-refractivity contribution >= 4 is 32.6 Å². The number of carbonyl (C=O) groups excluding carboxylic acids is 1. The highest BCUT2D eigenvalue weighted by Gasteiger charge is 2.14. The van der Waals surface area contributed by atoms with Crippen LogP contribution in [0.3, 0.4) is 0 Å². The lowest BCUT2D eigenvalue weighted by Crippen LogP contribution is -2.24. The maximum Gasteiger partial charge on any atom is 0.185 e. The number of thiazole rings is 1. The molecular weight excluding hydrogens is 272 g/mol. The topological polar surface area (TPSA) is 67.3 Å². The van der Waals surface area contributed by atoms with Gasteiger partial charge in [-0.25, -0.2) is 13.4 Å². The summed E-state index contributed by atoms with van der Waals surface area (Å²) in [6.07, 6.45) is 3.72. The van der Waals surface area contributed by atoms with Crippen molar-refractivity contribution in [1.29, 1.82) is 0 Å². The van der Waals surface area contributed by atoms with Crippen molar-refractivity contribution in [3.63, 3.8) is 0 Å². The molecule has 1 aromatic rings. The molecule has 18 heavy (non-hydrogen) atoms. The molecule has 0 aromatic carbocycles. The molecule has 1 rings (SSSR count). The van der Waals surface area contributed by atoms with Gasteiger partial charge >= 0.3 is 0 Å². The number of hydrogen-bond acceptors (Lipinski definition) is 6. The number of sulfone groups is 1. The summed E-state index contributed by atoms with van der Waals surface area (Å²) in [5, 5.41) is 0.698. The maximum absolute atomic E-state index is 11.1. The van der Waals surface area contributed by atoms with Crippen molar-refractivity contribution in [1.82, 2.24) is 4.98 Å². The number of carbonyl (C=O) groups is 1. The van der Waals surface area contributed by atoms with Gasteiger partial charge in [0.15, 0.2) is 11.4 Å². The molecule has 0 saturated heterocycles. The van der Waals surface area contributed by atoms with Gasteiger partial charge in [-0.2, -0.15) is 0 Å². The largest absolute Gasteiger partial charge is 0.350 e. The highest BCUT2D eigenvalue weighted by atomic mass is 32.2. The Labute approximate surface area is 112 Å². The predicted octanol–water partition coefficient (Wildman–Crippen LogP) is 1.39. The summed E-state index contributed by atoms with van der Waals surface area (Å²) in [6.45, 7) is 2.41. The first-order chi connectivity index (χ1) is 8.37. The highest BCUT2D eigenvalue weighted by molar-refractivity contribution is 7.90. The number of rotatable bonds is 7. The van der Waals surface area contributed by atoms with Crippen LogP contribution >= 0.6 is 11.3 Å². The van der Waals surface area contributed by atoms with E-state index in [4.69, 9.17) is 0 Å². The lowest BCUT2D eigenvalue weighted by atomic mass is 10.2. The highest BCUT2D eigenvalue weighted by Crippen LogP contribution is 2.25. The number of aryl methyl sites for hydroxylation is 1.